The van der Waals surface area contributed by atoms with Gasteiger partial charge in [-0.3, -0.25) is 9.59 Å². The molecule has 3 aromatic rings. The summed E-state index contributed by atoms with van der Waals surface area (Å²) in [5, 5.41) is 0.363. The molecule has 21 heavy (non-hydrogen) atoms. The van der Waals surface area contributed by atoms with Crippen molar-refractivity contribution in [3.63, 3.8) is 0 Å². The van der Waals surface area contributed by atoms with Crippen LogP contribution in [0, 0.1) is 6.92 Å². The van der Waals surface area contributed by atoms with Gasteiger partial charge in [-0.25, -0.2) is 0 Å². The molecule has 0 N–H and O–H groups in total. The highest BCUT2D eigenvalue weighted by Gasteiger charge is 2.16. The summed E-state index contributed by atoms with van der Waals surface area (Å²) in [4.78, 5) is 24.3. The first kappa shape index (κ1) is 13.3. The molecular weight excluding hydrogens is 264 g/mol. The molecule has 0 fully saturated rings. The molecule has 0 spiro atoms. The van der Waals surface area contributed by atoms with Crippen molar-refractivity contribution >= 4 is 16.8 Å². The fourth-order valence-electron chi connectivity index (χ4n) is 2.49. The smallest absolute Gasteiger partial charge is 0.196 e. The highest BCUT2D eigenvalue weighted by Crippen LogP contribution is 2.26. The number of fused-ring (bicyclic) bond motifs is 1. The minimum atomic E-state index is -0.152. The second-order valence-corrected chi connectivity index (χ2v) is 4.99. The summed E-state index contributed by atoms with van der Waals surface area (Å²) in [6.45, 7) is 3.18. The molecule has 0 aliphatic carbocycles. The molecule has 0 aliphatic rings. The van der Waals surface area contributed by atoms with Crippen LogP contribution in [-0.4, -0.2) is 5.78 Å². The van der Waals surface area contributed by atoms with Crippen LogP contribution in [0.1, 0.15) is 22.8 Å². The molecule has 1 heterocycles. The van der Waals surface area contributed by atoms with E-state index in [1.807, 2.05) is 30.3 Å². The van der Waals surface area contributed by atoms with Gasteiger partial charge in [0.05, 0.1) is 5.39 Å². The molecule has 104 valence electrons. The van der Waals surface area contributed by atoms with Gasteiger partial charge < -0.3 is 4.42 Å². The predicted octanol–water partition coefficient (Wildman–Crippen LogP) is 3.97. The Kier molecular flexibility index (Phi) is 3.18. The second kappa shape index (κ2) is 5.02. The summed E-state index contributed by atoms with van der Waals surface area (Å²) in [6.07, 6.45) is 0. The molecule has 0 aliphatic heterocycles. The zero-order valence-electron chi connectivity index (χ0n) is 11.8. The highest BCUT2D eigenvalue weighted by molar-refractivity contribution is 6.06. The summed E-state index contributed by atoms with van der Waals surface area (Å²) in [5.74, 6) is 0.411. The number of carbonyl (C=O) groups is 1. The topological polar surface area (TPSA) is 47.3 Å². The Hall–Kier alpha value is -2.68. The van der Waals surface area contributed by atoms with E-state index in [1.165, 1.54) is 6.92 Å². The lowest BCUT2D eigenvalue weighted by atomic mass is 10.0. The average Bonchev–Trinajstić information content (AvgIpc) is 2.51. The van der Waals surface area contributed by atoms with E-state index in [0.717, 1.165) is 5.56 Å². The fraction of sp³-hybridized carbons (Fsp3) is 0.111. The number of carbonyl (C=O) groups excluding carboxylic acids is 1. The molecule has 0 amide bonds. The van der Waals surface area contributed by atoms with Crippen molar-refractivity contribution in [3.8, 4) is 11.3 Å². The molecule has 0 unspecified atom stereocenters. The van der Waals surface area contributed by atoms with Crippen molar-refractivity contribution < 1.29 is 9.21 Å². The van der Waals surface area contributed by atoms with Crippen molar-refractivity contribution in [1.29, 1.82) is 0 Å². The fourth-order valence-corrected chi connectivity index (χ4v) is 2.49. The van der Waals surface area contributed by atoms with Crippen molar-refractivity contribution in [3.05, 3.63) is 69.9 Å². The van der Waals surface area contributed by atoms with Crippen LogP contribution >= 0.6 is 0 Å². The Labute approximate surface area is 121 Å². The van der Waals surface area contributed by atoms with Crippen LogP contribution in [-0.2, 0) is 0 Å². The first-order valence-electron chi connectivity index (χ1n) is 6.72. The van der Waals surface area contributed by atoms with E-state index in [1.54, 1.807) is 25.1 Å². The monoisotopic (exact) mass is 278 g/mol. The van der Waals surface area contributed by atoms with Gasteiger partial charge in [-0.1, -0.05) is 42.5 Å². The third-order valence-corrected chi connectivity index (χ3v) is 3.56. The molecule has 0 saturated carbocycles. The largest absolute Gasteiger partial charge is 0.456 e. The van der Waals surface area contributed by atoms with E-state index in [9.17, 15) is 9.59 Å². The van der Waals surface area contributed by atoms with Gasteiger partial charge in [0.25, 0.3) is 0 Å². The maximum atomic E-state index is 12.6. The first-order chi connectivity index (χ1) is 10.1. The molecule has 2 aromatic carbocycles. The van der Waals surface area contributed by atoms with E-state index < -0.39 is 0 Å². The third kappa shape index (κ3) is 2.17. The van der Waals surface area contributed by atoms with Gasteiger partial charge in [0.15, 0.2) is 11.2 Å². The lowest BCUT2D eigenvalue weighted by Gasteiger charge is -2.08. The minimum Gasteiger partial charge on any atom is -0.456 e. The summed E-state index contributed by atoms with van der Waals surface area (Å²) < 4.78 is 5.90. The lowest BCUT2D eigenvalue weighted by Crippen LogP contribution is -2.11. The number of hydrogen-bond acceptors (Lipinski definition) is 3. The van der Waals surface area contributed by atoms with Crippen molar-refractivity contribution in [2.45, 2.75) is 13.8 Å². The number of hydrogen-bond donors (Lipinski definition) is 0. The van der Waals surface area contributed by atoms with Crippen molar-refractivity contribution in [2.75, 3.05) is 0 Å². The summed E-state index contributed by atoms with van der Waals surface area (Å²) in [5.41, 5.74) is 2.06. The van der Waals surface area contributed by atoms with Crippen LogP contribution in [0.15, 0.2) is 57.7 Å². The summed E-state index contributed by atoms with van der Waals surface area (Å²) >= 11 is 0. The molecular formula is C18H14O3. The molecule has 0 saturated heterocycles. The SMILES string of the molecule is CC(=O)c1cccc2oc(-c3ccccc3)c(C)c(=O)c12. The third-order valence-electron chi connectivity index (χ3n) is 3.56. The molecule has 0 bridgehead atoms. The summed E-state index contributed by atoms with van der Waals surface area (Å²) in [7, 11) is 0. The van der Waals surface area contributed by atoms with Gasteiger partial charge >= 0.3 is 0 Å². The molecule has 3 nitrogen and oxygen atoms in total. The maximum absolute atomic E-state index is 12.6. The second-order valence-electron chi connectivity index (χ2n) is 4.99. The van der Waals surface area contributed by atoms with Gasteiger partial charge in [-0.15, -0.1) is 0 Å². The van der Waals surface area contributed by atoms with Gasteiger partial charge in [-0.05, 0) is 19.9 Å². The molecule has 3 heteroatoms. The number of benzene rings is 2. The molecule has 3 rings (SSSR count). The van der Waals surface area contributed by atoms with Gasteiger partial charge in [0.1, 0.15) is 11.3 Å². The number of ketones is 1. The predicted molar refractivity (Wildman–Crippen MR) is 82.7 cm³/mol. The van der Waals surface area contributed by atoms with Crippen LogP contribution < -0.4 is 5.43 Å². The minimum absolute atomic E-state index is 0.139. The van der Waals surface area contributed by atoms with Crippen LogP contribution in [0.25, 0.3) is 22.3 Å². The Morgan fingerprint density at radius 3 is 2.38 bits per heavy atom. The van der Waals surface area contributed by atoms with Crippen LogP contribution in [0.4, 0.5) is 0 Å². The Morgan fingerprint density at radius 1 is 1.00 bits per heavy atom. The normalized spacial score (nSPS) is 10.8. The van der Waals surface area contributed by atoms with E-state index in [2.05, 4.69) is 0 Å². The van der Waals surface area contributed by atoms with E-state index >= 15 is 0 Å². The maximum Gasteiger partial charge on any atom is 0.196 e. The zero-order chi connectivity index (χ0) is 15.0. The highest BCUT2D eigenvalue weighted by atomic mass is 16.3. The molecule has 1 aromatic heterocycles. The number of rotatable bonds is 2. The zero-order valence-corrected chi connectivity index (χ0v) is 11.8. The lowest BCUT2D eigenvalue weighted by molar-refractivity contribution is 0.101. The Bertz CT molecular complexity index is 889. The molecule has 0 atom stereocenters. The number of Topliss-reactive ketones (excluding diaryl/α,β-unsaturated/α-hetero) is 1. The summed E-state index contributed by atoms with van der Waals surface area (Å²) in [6, 6.07) is 14.6. The van der Waals surface area contributed by atoms with Crippen molar-refractivity contribution in [1.82, 2.24) is 0 Å². The first-order valence-corrected chi connectivity index (χ1v) is 6.72. The van der Waals surface area contributed by atoms with Gasteiger partial charge in [-0.2, -0.15) is 0 Å². The Morgan fingerprint density at radius 2 is 1.71 bits per heavy atom. The van der Waals surface area contributed by atoms with Crippen LogP contribution in [0.2, 0.25) is 0 Å². The standard InChI is InChI=1S/C18H14O3/c1-11-17(20)16-14(12(2)19)9-6-10-15(16)21-18(11)13-7-4-3-5-8-13/h3-10H,1-2H3. The van der Waals surface area contributed by atoms with E-state index in [4.69, 9.17) is 4.42 Å². The van der Waals surface area contributed by atoms with Crippen LogP contribution in [0.3, 0.4) is 0 Å². The van der Waals surface area contributed by atoms with Crippen molar-refractivity contribution in [2.24, 2.45) is 0 Å². The quantitative estimate of drug-likeness (QED) is 0.666. The van der Waals surface area contributed by atoms with E-state index in [0.29, 0.717) is 27.9 Å². The molecule has 0 radical (unpaired) electrons. The van der Waals surface area contributed by atoms with Gasteiger partial charge in [0, 0.05) is 16.7 Å². The average molecular weight is 278 g/mol. The van der Waals surface area contributed by atoms with Gasteiger partial charge in [0.2, 0.25) is 0 Å². The van der Waals surface area contributed by atoms with E-state index in [-0.39, 0.29) is 11.2 Å². The van der Waals surface area contributed by atoms with Crippen LogP contribution in [0.5, 0.6) is 0 Å². The Balaban J connectivity index is 2.41.